The fraction of sp³-hybridized carbons (Fsp3) is 0.250. The summed E-state index contributed by atoms with van der Waals surface area (Å²) in [4.78, 5) is 33.7. The predicted octanol–water partition coefficient (Wildman–Crippen LogP) is 3.29. The van der Waals surface area contributed by atoms with Crippen LogP contribution < -0.4 is 27.0 Å². The molecule has 2 aromatic carbocycles. The highest BCUT2D eigenvalue weighted by Crippen LogP contribution is 2.22. The van der Waals surface area contributed by atoms with Gasteiger partial charge >= 0.3 is 6.03 Å². The molecule has 176 valence electrons. The Hall–Kier alpha value is -3.50. The predicted molar refractivity (Wildman–Crippen MR) is 135 cm³/mol. The number of nitrogen functional groups attached to an aromatic ring is 1. The number of rotatable bonds is 6. The van der Waals surface area contributed by atoms with Crippen LogP contribution >= 0.6 is 15.9 Å². The number of para-hydroxylation sites is 1. The number of carbonyl (C=O) groups is 2. The van der Waals surface area contributed by atoms with Crippen molar-refractivity contribution in [2.24, 2.45) is 0 Å². The van der Waals surface area contributed by atoms with Gasteiger partial charge in [-0.2, -0.15) is 0 Å². The molecule has 1 aliphatic rings. The van der Waals surface area contributed by atoms with Gasteiger partial charge < -0.3 is 27.0 Å². The van der Waals surface area contributed by atoms with Crippen molar-refractivity contribution in [1.29, 1.82) is 0 Å². The first-order chi connectivity index (χ1) is 16.5. The van der Waals surface area contributed by atoms with E-state index in [0.29, 0.717) is 17.9 Å². The molecule has 3 amide bonds. The molecule has 0 unspecified atom stereocenters. The van der Waals surface area contributed by atoms with Crippen molar-refractivity contribution in [2.75, 3.05) is 24.1 Å². The van der Waals surface area contributed by atoms with Crippen LogP contribution in [0.5, 0.6) is 0 Å². The van der Waals surface area contributed by atoms with Gasteiger partial charge in [0.15, 0.2) is 11.5 Å². The second kappa shape index (κ2) is 11.1. The SMILES string of the molecule is Nc1ncc(-c2cccc(CNC(=O)Nc3ccccc3Br)c2)nc1C(=O)N[C@H]1CCCNC1. The first kappa shape index (κ1) is 23.7. The van der Waals surface area contributed by atoms with Crippen LogP contribution in [0.2, 0.25) is 0 Å². The van der Waals surface area contributed by atoms with E-state index in [1.165, 1.54) is 0 Å². The van der Waals surface area contributed by atoms with Crippen LogP contribution in [0.15, 0.2) is 59.2 Å². The molecule has 9 nitrogen and oxygen atoms in total. The number of urea groups is 1. The molecular weight excluding hydrogens is 498 g/mol. The summed E-state index contributed by atoms with van der Waals surface area (Å²) in [5, 5.41) is 11.9. The van der Waals surface area contributed by atoms with Crippen LogP contribution in [-0.4, -0.2) is 41.0 Å². The number of halogens is 1. The molecule has 0 radical (unpaired) electrons. The van der Waals surface area contributed by atoms with E-state index in [4.69, 9.17) is 5.73 Å². The standard InChI is InChI=1S/C24H26BrN7O2/c25-18-8-1-2-9-19(18)32-24(34)29-12-15-5-3-6-16(11-15)20-14-28-22(26)21(31-20)23(33)30-17-7-4-10-27-13-17/h1-3,5-6,8-9,11,14,17,27H,4,7,10,12-13H2,(H2,26,28)(H,30,33)(H2,29,32,34)/t17-/m0/s1. The number of anilines is 2. The number of piperidine rings is 1. The Morgan fingerprint density at radius 1 is 1.18 bits per heavy atom. The van der Waals surface area contributed by atoms with Gasteiger partial charge in [0.25, 0.3) is 5.91 Å². The minimum atomic E-state index is -0.331. The van der Waals surface area contributed by atoms with Crippen molar-refractivity contribution < 1.29 is 9.59 Å². The van der Waals surface area contributed by atoms with E-state index in [2.05, 4.69) is 47.2 Å². The maximum atomic E-state index is 12.8. The summed E-state index contributed by atoms with van der Waals surface area (Å²) in [6.07, 6.45) is 3.46. The van der Waals surface area contributed by atoms with Crippen molar-refractivity contribution in [3.05, 3.63) is 70.5 Å². The molecule has 2 heterocycles. The van der Waals surface area contributed by atoms with Gasteiger partial charge in [0.2, 0.25) is 0 Å². The van der Waals surface area contributed by atoms with E-state index in [1.54, 1.807) is 6.20 Å². The topological polar surface area (TPSA) is 134 Å². The molecule has 0 saturated carbocycles. The van der Waals surface area contributed by atoms with Gasteiger partial charge in [0, 0.05) is 29.2 Å². The minimum absolute atomic E-state index is 0.0446. The monoisotopic (exact) mass is 523 g/mol. The Morgan fingerprint density at radius 3 is 2.82 bits per heavy atom. The Kier molecular flexibility index (Phi) is 7.71. The number of hydrogen-bond acceptors (Lipinski definition) is 6. The Morgan fingerprint density at radius 2 is 2.03 bits per heavy atom. The maximum absolute atomic E-state index is 12.8. The average molecular weight is 524 g/mol. The Bertz CT molecular complexity index is 1180. The molecule has 0 spiro atoms. The smallest absolute Gasteiger partial charge is 0.319 e. The van der Waals surface area contributed by atoms with Crippen molar-refractivity contribution in [3.63, 3.8) is 0 Å². The number of nitrogens with two attached hydrogens (primary N) is 1. The first-order valence-electron chi connectivity index (χ1n) is 11.0. The fourth-order valence-electron chi connectivity index (χ4n) is 3.69. The zero-order chi connectivity index (χ0) is 23.9. The lowest BCUT2D eigenvalue weighted by atomic mass is 10.1. The van der Waals surface area contributed by atoms with Crippen molar-refractivity contribution in [2.45, 2.75) is 25.4 Å². The van der Waals surface area contributed by atoms with Crippen LogP contribution in [0.3, 0.4) is 0 Å². The number of nitrogens with zero attached hydrogens (tertiary/aromatic N) is 2. The third kappa shape index (κ3) is 6.09. The fourth-order valence-corrected chi connectivity index (χ4v) is 4.07. The molecule has 3 aromatic rings. The summed E-state index contributed by atoms with van der Waals surface area (Å²) < 4.78 is 0.800. The number of nitrogens with one attached hydrogen (secondary N) is 4. The number of carbonyl (C=O) groups excluding carboxylic acids is 2. The number of aromatic nitrogens is 2. The van der Waals surface area contributed by atoms with Gasteiger partial charge in [-0.25, -0.2) is 14.8 Å². The van der Waals surface area contributed by atoms with Crippen LogP contribution in [0.25, 0.3) is 11.3 Å². The summed E-state index contributed by atoms with van der Waals surface area (Å²) in [6.45, 7) is 2.00. The highest BCUT2D eigenvalue weighted by Gasteiger charge is 2.20. The van der Waals surface area contributed by atoms with Crippen LogP contribution in [-0.2, 0) is 6.54 Å². The van der Waals surface area contributed by atoms with Gasteiger partial charge in [0.05, 0.1) is 17.6 Å². The molecule has 1 saturated heterocycles. The molecular formula is C24H26BrN7O2. The lowest BCUT2D eigenvalue weighted by molar-refractivity contribution is 0.0926. The lowest BCUT2D eigenvalue weighted by Crippen LogP contribution is -2.46. The minimum Gasteiger partial charge on any atom is -0.382 e. The molecule has 4 rings (SSSR count). The van der Waals surface area contributed by atoms with Crippen molar-refractivity contribution in [1.82, 2.24) is 25.9 Å². The first-order valence-corrected chi connectivity index (χ1v) is 11.8. The summed E-state index contributed by atoms with van der Waals surface area (Å²) >= 11 is 3.41. The van der Waals surface area contributed by atoms with Crippen LogP contribution in [0, 0.1) is 0 Å². The molecule has 34 heavy (non-hydrogen) atoms. The molecule has 1 aromatic heterocycles. The molecule has 6 N–H and O–H groups in total. The Labute approximate surface area is 206 Å². The van der Waals surface area contributed by atoms with E-state index >= 15 is 0 Å². The van der Waals surface area contributed by atoms with E-state index in [9.17, 15) is 9.59 Å². The summed E-state index contributed by atoms with van der Waals surface area (Å²) in [5.74, 6) is -0.242. The zero-order valence-corrected chi connectivity index (χ0v) is 20.1. The quantitative estimate of drug-likeness (QED) is 0.336. The summed E-state index contributed by atoms with van der Waals surface area (Å²) in [7, 11) is 0. The molecule has 1 fully saturated rings. The third-order valence-electron chi connectivity index (χ3n) is 5.45. The van der Waals surface area contributed by atoms with E-state index in [0.717, 1.165) is 41.5 Å². The average Bonchev–Trinajstić information content (AvgIpc) is 2.85. The lowest BCUT2D eigenvalue weighted by Gasteiger charge is -2.23. The van der Waals surface area contributed by atoms with E-state index in [-0.39, 0.29) is 29.5 Å². The van der Waals surface area contributed by atoms with Gasteiger partial charge in [-0.1, -0.05) is 30.3 Å². The number of benzene rings is 2. The molecule has 1 atom stereocenters. The highest BCUT2D eigenvalue weighted by atomic mass is 79.9. The third-order valence-corrected chi connectivity index (χ3v) is 6.14. The van der Waals surface area contributed by atoms with Gasteiger partial charge in [-0.05, 0) is 59.1 Å². The molecule has 10 heteroatoms. The maximum Gasteiger partial charge on any atom is 0.319 e. The van der Waals surface area contributed by atoms with E-state index < -0.39 is 0 Å². The van der Waals surface area contributed by atoms with Crippen LogP contribution in [0.4, 0.5) is 16.3 Å². The number of hydrogen-bond donors (Lipinski definition) is 5. The normalized spacial score (nSPS) is 15.4. The van der Waals surface area contributed by atoms with Crippen LogP contribution in [0.1, 0.15) is 28.9 Å². The second-order valence-corrected chi connectivity index (χ2v) is 8.85. The van der Waals surface area contributed by atoms with Crippen molar-refractivity contribution in [3.8, 4) is 11.3 Å². The molecule has 1 aliphatic heterocycles. The van der Waals surface area contributed by atoms with E-state index in [1.807, 2.05) is 48.5 Å². The van der Waals surface area contributed by atoms with Crippen molar-refractivity contribution >= 4 is 39.4 Å². The molecule has 0 bridgehead atoms. The van der Waals surface area contributed by atoms with Gasteiger partial charge in [-0.3, -0.25) is 4.79 Å². The summed E-state index contributed by atoms with van der Waals surface area (Å²) in [6, 6.07) is 14.6. The van der Waals surface area contributed by atoms with Gasteiger partial charge in [-0.15, -0.1) is 0 Å². The Balaban J connectivity index is 1.42. The molecule has 0 aliphatic carbocycles. The summed E-state index contributed by atoms with van der Waals surface area (Å²) in [5.41, 5.74) is 8.91. The highest BCUT2D eigenvalue weighted by molar-refractivity contribution is 9.10. The second-order valence-electron chi connectivity index (χ2n) is 7.99. The zero-order valence-electron chi connectivity index (χ0n) is 18.5. The number of amides is 3. The largest absolute Gasteiger partial charge is 0.382 e. The van der Waals surface area contributed by atoms with Gasteiger partial charge in [0.1, 0.15) is 0 Å².